The van der Waals surface area contributed by atoms with E-state index < -0.39 is 35.8 Å². The van der Waals surface area contributed by atoms with Crippen LogP contribution >= 0.6 is 0 Å². The van der Waals surface area contributed by atoms with Crippen LogP contribution in [-0.4, -0.2) is 47.5 Å². The second-order valence-electron chi connectivity index (χ2n) is 15.1. The highest BCUT2D eigenvalue weighted by atomic mass is 16.6. The lowest BCUT2D eigenvalue weighted by Gasteiger charge is -2.28. The van der Waals surface area contributed by atoms with E-state index in [9.17, 15) is 19.5 Å². The number of rotatable bonds is 13. The maximum absolute atomic E-state index is 13.8. The quantitative estimate of drug-likeness (QED) is 0.106. The van der Waals surface area contributed by atoms with Crippen LogP contribution in [0.15, 0.2) is 91.0 Å². The number of aliphatic hydroxyl groups is 1. The standard InChI is InChI=1S/C42H51NO7/c1-28(19-20-29-21-23-30(26-44)24-22-29)37(17-12-18-38(45)50-42(5,6)7)49-39(46)36(25-41(2,3)4)43-40(47)48-27-35-33-15-10-8-13-31(33)32-14-9-11-16-34(32)35/h8-16,18-24,28,35-37,44H,17,25-27H2,1-7H3,(H,43,47)/t28-,36+,37+/m1/s1. The van der Waals surface area contributed by atoms with Gasteiger partial charge in [0.15, 0.2) is 0 Å². The van der Waals surface area contributed by atoms with Gasteiger partial charge in [0.1, 0.15) is 24.4 Å². The SMILES string of the molecule is C[C@H](C=Cc1ccc(CO)cc1)[C@H](CC=CC(=O)OC(C)(C)C)OC(=O)[C@H](CC(C)(C)C)NC(=O)OCC1c2ccccc2-c2ccccc21. The summed E-state index contributed by atoms with van der Waals surface area (Å²) in [6.07, 6.45) is 6.06. The molecular weight excluding hydrogens is 630 g/mol. The predicted octanol–water partition coefficient (Wildman–Crippen LogP) is 8.37. The maximum Gasteiger partial charge on any atom is 0.407 e. The minimum atomic E-state index is -0.967. The van der Waals surface area contributed by atoms with Crippen LogP contribution in [0.25, 0.3) is 17.2 Å². The van der Waals surface area contributed by atoms with Gasteiger partial charge in [0.25, 0.3) is 0 Å². The van der Waals surface area contributed by atoms with Gasteiger partial charge in [-0.3, -0.25) is 0 Å². The molecule has 0 heterocycles. The number of hydrogen-bond acceptors (Lipinski definition) is 7. The van der Waals surface area contributed by atoms with Crippen LogP contribution in [0.4, 0.5) is 4.79 Å². The summed E-state index contributed by atoms with van der Waals surface area (Å²) in [4.78, 5) is 39.5. The molecule has 0 saturated carbocycles. The Hall–Kier alpha value is -4.69. The number of alkyl carbamates (subject to hydrolysis) is 1. The van der Waals surface area contributed by atoms with Crippen LogP contribution in [0.3, 0.4) is 0 Å². The number of fused-ring (bicyclic) bond motifs is 3. The Morgan fingerprint density at radius 3 is 2.04 bits per heavy atom. The van der Waals surface area contributed by atoms with Gasteiger partial charge in [0, 0.05) is 24.3 Å². The fourth-order valence-corrected chi connectivity index (χ4v) is 5.94. The number of carbonyl (C=O) groups is 3. The minimum absolute atomic E-state index is 0.0395. The number of benzene rings is 3. The summed E-state index contributed by atoms with van der Waals surface area (Å²) in [6, 6.07) is 22.7. The first-order valence-corrected chi connectivity index (χ1v) is 17.2. The molecule has 0 fully saturated rings. The van der Waals surface area contributed by atoms with E-state index >= 15 is 0 Å². The molecule has 3 aromatic carbocycles. The summed E-state index contributed by atoms with van der Waals surface area (Å²) >= 11 is 0. The zero-order valence-corrected chi connectivity index (χ0v) is 30.3. The Kier molecular flexibility index (Phi) is 12.8. The Morgan fingerprint density at radius 1 is 0.880 bits per heavy atom. The van der Waals surface area contributed by atoms with Crippen molar-refractivity contribution in [3.05, 3.63) is 113 Å². The van der Waals surface area contributed by atoms with Gasteiger partial charge in [-0.2, -0.15) is 0 Å². The van der Waals surface area contributed by atoms with E-state index in [4.69, 9.17) is 14.2 Å². The van der Waals surface area contributed by atoms with Crippen molar-refractivity contribution in [3.63, 3.8) is 0 Å². The van der Waals surface area contributed by atoms with Gasteiger partial charge in [-0.05, 0) is 66.0 Å². The van der Waals surface area contributed by atoms with E-state index in [0.29, 0.717) is 6.42 Å². The normalized spacial score (nSPS) is 14.9. The van der Waals surface area contributed by atoms with Gasteiger partial charge in [0.05, 0.1) is 6.61 Å². The van der Waals surface area contributed by atoms with Crippen LogP contribution in [0, 0.1) is 11.3 Å². The molecule has 50 heavy (non-hydrogen) atoms. The van der Waals surface area contributed by atoms with Crippen LogP contribution in [0.2, 0.25) is 0 Å². The van der Waals surface area contributed by atoms with Crippen molar-refractivity contribution in [2.24, 2.45) is 11.3 Å². The van der Waals surface area contributed by atoms with E-state index in [1.54, 1.807) is 26.8 Å². The lowest BCUT2D eigenvalue weighted by Crippen LogP contribution is -2.46. The Balaban J connectivity index is 1.48. The van der Waals surface area contributed by atoms with Crippen molar-refractivity contribution in [2.45, 2.75) is 91.6 Å². The van der Waals surface area contributed by atoms with Crippen LogP contribution < -0.4 is 5.32 Å². The molecule has 0 unspecified atom stereocenters. The molecule has 8 nitrogen and oxygen atoms in total. The first-order chi connectivity index (χ1) is 23.6. The van der Waals surface area contributed by atoms with Crippen LogP contribution in [0.1, 0.15) is 89.5 Å². The molecular formula is C42H51NO7. The molecule has 1 aliphatic rings. The van der Waals surface area contributed by atoms with Crippen LogP contribution in [0.5, 0.6) is 0 Å². The molecule has 3 aromatic rings. The molecule has 3 atom stereocenters. The molecule has 8 heteroatoms. The highest BCUT2D eigenvalue weighted by Gasteiger charge is 2.33. The molecule has 0 radical (unpaired) electrons. The van der Waals surface area contributed by atoms with E-state index in [-0.39, 0.29) is 36.9 Å². The molecule has 0 bridgehead atoms. The zero-order valence-electron chi connectivity index (χ0n) is 30.3. The van der Waals surface area contributed by atoms with Gasteiger partial charge in [-0.15, -0.1) is 0 Å². The van der Waals surface area contributed by atoms with Crippen LogP contribution in [-0.2, 0) is 30.4 Å². The van der Waals surface area contributed by atoms with E-state index in [0.717, 1.165) is 33.4 Å². The summed E-state index contributed by atoms with van der Waals surface area (Å²) in [6.45, 7) is 13.4. The fourth-order valence-electron chi connectivity index (χ4n) is 5.94. The van der Waals surface area contributed by atoms with E-state index in [1.165, 1.54) is 6.08 Å². The molecule has 2 N–H and O–H groups in total. The van der Waals surface area contributed by atoms with Crippen molar-refractivity contribution >= 4 is 24.1 Å². The lowest BCUT2D eigenvalue weighted by atomic mass is 9.88. The number of carbonyl (C=O) groups excluding carboxylic acids is 3. The number of nitrogens with one attached hydrogen (secondary N) is 1. The number of aliphatic hydroxyl groups excluding tert-OH is 1. The summed E-state index contributed by atoms with van der Waals surface area (Å²) in [5.74, 6) is -1.45. The predicted molar refractivity (Wildman–Crippen MR) is 196 cm³/mol. The van der Waals surface area contributed by atoms with Crippen molar-refractivity contribution in [1.82, 2.24) is 5.32 Å². The second-order valence-corrected chi connectivity index (χ2v) is 15.1. The Morgan fingerprint density at radius 2 is 1.48 bits per heavy atom. The number of amides is 1. The molecule has 1 amide bonds. The highest BCUT2D eigenvalue weighted by molar-refractivity contribution is 5.83. The number of esters is 2. The summed E-state index contributed by atoms with van der Waals surface area (Å²) in [5.41, 5.74) is 5.22. The first-order valence-electron chi connectivity index (χ1n) is 17.2. The van der Waals surface area contributed by atoms with Crippen molar-refractivity contribution < 1.29 is 33.7 Å². The lowest BCUT2D eigenvalue weighted by molar-refractivity contribution is -0.153. The summed E-state index contributed by atoms with van der Waals surface area (Å²) in [5, 5.41) is 12.2. The molecule has 0 aromatic heterocycles. The number of ether oxygens (including phenoxy) is 3. The van der Waals surface area contributed by atoms with Gasteiger partial charge in [-0.1, -0.05) is 119 Å². The van der Waals surface area contributed by atoms with E-state index in [2.05, 4.69) is 29.6 Å². The van der Waals surface area contributed by atoms with Crippen molar-refractivity contribution in [1.29, 1.82) is 0 Å². The third kappa shape index (κ3) is 11.2. The topological polar surface area (TPSA) is 111 Å². The number of hydrogen-bond donors (Lipinski definition) is 2. The average molecular weight is 682 g/mol. The van der Waals surface area contributed by atoms with Crippen molar-refractivity contribution in [2.75, 3.05) is 6.61 Å². The molecule has 1 aliphatic carbocycles. The Bertz CT molecular complexity index is 1630. The summed E-state index contributed by atoms with van der Waals surface area (Å²) < 4.78 is 17.3. The monoisotopic (exact) mass is 681 g/mol. The second kappa shape index (κ2) is 16.8. The van der Waals surface area contributed by atoms with Gasteiger partial charge in [-0.25, -0.2) is 14.4 Å². The Labute approximate surface area is 296 Å². The molecule has 0 aliphatic heterocycles. The largest absolute Gasteiger partial charge is 0.460 e. The van der Waals surface area contributed by atoms with Gasteiger partial charge >= 0.3 is 18.0 Å². The minimum Gasteiger partial charge on any atom is -0.460 e. The molecule has 4 rings (SSSR count). The fraction of sp³-hybridized carbons (Fsp3) is 0.405. The smallest absolute Gasteiger partial charge is 0.407 e. The van der Waals surface area contributed by atoms with Gasteiger partial charge in [0.2, 0.25) is 0 Å². The molecule has 266 valence electrons. The molecule has 0 spiro atoms. The summed E-state index contributed by atoms with van der Waals surface area (Å²) in [7, 11) is 0. The third-order valence-corrected chi connectivity index (χ3v) is 8.37. The van der Waals surface area contributed by atoms with E-state index in [1.807, 2.05) is 88.4 Å². The van der Waals surface area contributed by atoms with Gasteiger partial charge < -0.3 is 24.6 Å². The third-order valence-electron chi connectivity index (χ3n) is 8.37. The first kappa shape index (κ1) is 38.1. The molecule has 0 saturated heterocycles. The highest BCUT2D eigenvalue weighted by Crippen LogP contribution is 2.44. The maximum atomic E-state index is 13.8. The van der Waals surface area contributed by atoms with Crippen molar-refractivity contribution in [3.8, 4) is 11.1 Å². The zero-order chi connectivity index (χ0) is 36.5. The average Bonchev–Trinajstić information content (AvgIpc) is 3.37.